The fraction of sp³-hybridized carbons (Fsp3) is 0.385. The summed E-state index contributed by atoms with van der Waals surface area (Å²) in [7, 11) is 0. The molecule has 0 saturated carbocycles. The van der Waals surface area contributed by atoms with Crippen LogP contribution < -0.4 is 4.90 Å². The zero-order chi connectivity index (χ0) is 15.8. The van der Waals surface area contributed by atoms with Gasteiger partial charge in [-0.25, -0.2) is 0 Å². The first-order chi connectivity index (χ1) is 9.68. The van der Waals surface area contributed by atoms with Crippen LogP contribution in [0, 0.1) is 0 Å². The molecular weight excluding hydrogens is 327 g/mol. The zero-order valence-electron chi connectivity index (χ0n) is 10.9. The second-order valence-electron chi connectivity index (χ2n) is 4.60. The van der Waals surface area contributed by atoms with E-state index in [-0.39, 0.29) is 34.0 Å². The molecule has 1 heterocycles. The third kappa shape index (κ3) is 3.71. The predicted octanol–water partition coefficient (Wildman–Crippen LogP) is 3.74. The Kier molecular flexibility index (Phi) is 4.53. The Hall–Kier alpha value is -1.21. The van der Waals surface area contributed by atoms with Gasteiger partial charge in [-0.1, -0.05) is 23.4 Å². The van der Waals surface area contributed by atoms with Crippen molar-refractivity contribution >= 4 is 40.1 Å². The van der Waals surface area contributed by atoms with Crippen molar-refractivity contribution in [1.82, 2.24) is 0 Å². The molecule has 1 aliphatic heterocycles. The van der Waals surface area contributed by atoms with Crippen LogP contribution in [-0.4, -0.2) is 22.8 Å². The minimum Gasteiger partial charge on any atom is -0.311 e. The molecule has 1 saturated heterocycles. The van der Waals surface area contributed by atoms with Crippen LogP contribution in [0.25, 0.3) is 0 Å². The summed E-state index contributed by atoms with van der Waals surface area (Å²) < 4.78 is 39.1. The molecule has 0 radical (unpaired) electrons. The number of nitrogens with zero attached hydrogens (tertiary/aromatic N) is 1. The summed E-state index contributed by atoms with van der Waals surface area (Å²) in [5, 5.41) is -0.389. The first-order valence-electron chi connectivity index (χ1n) is 6.03. The summed E-state index contributed by atoms with van der Waals surface area (Å²) in [6.07, 6.45) is -4.54. The van der Waals surface area contributed by atoms with E-state index in [1.54, 1.807) is 0 Å². The molecule has 0 aliphatic carbocycles. The van der Waals surface area contributed by atoms with Crippen LogP contribution in [-0.2, 0) is 15.8 Å². The molecule has 0 N–H and O–H groups in total. The fourth-order valence-electron chi connectivity index (χ4n) is 2.19. The van der Waals surface area contributed by atoms with Gasteiger partial charge in [0.15, 0.2) is 5.12 Å². The van der Waals surface area contributed by atoms with Gasteiger partial charge in [0.05, 0.1) is 11.3 Å². The van der Waals surface area contributed by atoms with Crippen LogP contribution in [0.15, 0.2) is 18.2 Å². The van der Waals surface area contributed by atoms with Gasteiger partial charge in [-0.2, -0.15) is 13.2 Å². The van der Waals surface area contributed by atoms with Gasteiger partial charge in [0.1, 0.15) is 0 Å². The van der Waals surface area contributed by atoms with Gasteiger partial charge in [-0.15, -0.1) is 0 Å². The van der Waals surface area contributed by atoms with Crippen molar-refractivity contribution in [2.45, 2.75) is 24.8 Å². The Morgan fingerprint density at radius 1 is 1.43 bits per heavy atom. The molecule has 0 spiro atoms. The number of carbonyl (C=O) groups is 2. The Labute approximate surface area is 128 Å². The van der Waals surface area contributed by atoms with Crippen LogP contribution in [0.1, 0.15) is 18.9 Å². The molecule has 114 valence electrons. The number of hydrogen-bond donors (Lipinski definition) is 0. The number of thioether (sulfide) groups is 1. The van der Waals surface area contributed by atoms with E-state index in [1.807, 2.05) is 0 Å². The van der Waals surface area contributed by atoms with Gasteiger partial charge in [0.2, 0.25) is 5.91 Å². The number of anilines is 1. The molecule has 1 aromatic carbocycles. The monoisotopic (exact) mass is 337 g/mol. The molecule has 1 amide bonds. The number of amides is 1. The number of alkyl halides is 3. The van der Waals surface area contributed by atoms with E-state index in [2.05, 4.69) is 0 Å². The lowest BCUT2D eigenvalue weighted by Crippen LogP contribution is -2.27. The normalized spacial score (nSPS) is 19.2. The van der Waals surface area contributed by atoms with Gasteiger partial charge < -0.3 is 4.90 Å². The van der Waals surface area contributed by atoms with E-state index in [0.717, 1.165) is 34.9 Å². The highest BCUT2D eigenvalue weighted by Crippen LogP contribution is 2.40. The molecule has 2 rings (SSSR count). The van der Waals surface area contributed by atoms with Crippen molar-refractivity contribution in [3.8, 4) is 0 Å². The maximum absolute atomic E-state index is 13.0. The lowest BCUT2D eigenvalue weighted by Gasteiger charge is -2.21. The molecule has 1 unspecified atom stereocenters. The molecule has 0 aromatic heterocycles. The van der Waals surface area contributed by atoms with Crippen molar-refractivity contribution in [3.05, 3.63) is 28.8 Å². The highest BCUT2D eigenvalue weighted by molar-refractivity contribution is 8.14. The lowest BCUT2D eigenvalue weighted by atomic mass is 10.1. The van der Waals surface area contributed by atoms with E-state index >= 15 is 0 Å². The van der Waals surface area contributed by atoms with Gasteiger partial charge in [0, 0.05) is 30.2 Å². The predicted molar refractivity (Wildman–Crippen MR) is 75.5 cm³/mol. The second kappa shape index (κ2) is 5.88. The van der Waals surface area contributed by atoms with Gasteiger partial charge >= 0.3 is 6.18 Å². The number of hydrogen-bond acceptors (Lipinski definition) is 3. The van der Waals surface area contributed by atoms with E-state index in [4.69, 9.17) is 11.6 Å². The van der Waals surface area contributed by atoms with Gasteiger partial charge in [-0.3, -0.25) is 9.59 Å². The molecule has 1 atom stereocenters. The molecular formula is C13H11ClF3NO2S. The maximum atomic E-state index is 13.0. The summed E-state index contributed by atoms with van der Waals surface area (Å²) >= 11 is 6.72. The van der Waals surface area contributed by atoms with Crippen LogP contribution in [0.3, 0.4) is 0 Å². The molecule has 3 nitrogen and oxygen atoms in total. The Bertz CT molecular complexity index is 591. The van der Waals surface area contributed by atoms with Crippen LogP contribution in [0.5, 0.6) is 0 Å². The number of benzene rings is 1. The standard InChI is InChI=1S/C13H11ClF3NO2S/c1-7(19)21-9-5-12(20)18(6-9)11-4-8(14)2-3-10(11)13(15,16)17/h2-4,9H,5-6H2,1H3. The van der Waals surface area contributed by atoms with Crippen molar-refractivity contribution in [2.75, 3.05) is 11.4 Å². The summed E-state index contributed by atoms with van der Waals surface area (Å²) in [6.45, 7) is 1.42. The summed E-state index contributed by atoms with van der Waals surface area (Å²) in [5.41, 5.74) is -1.17. The first kappa shape index (κ1) is 16.2. The van der Waals surface area contributed by atoms with E-state index < -0.39 is 17.6 Å². The lowest BCUT2D eigenvalue weighted by molar-refractivity contribution is -0.137. The minimum atomic E-state index is -4.58. The van der Waals surface area contributed by atoms with Crippen molar-refractivity contribution in [3.63, 3.8) is 0 Å². The van der Waals surface area contributed by atoms with E-state index in [9.17, 15) is 22.8 Å². The molecule has 8 heteroatoms. The van der Waals surface area contributed by atoms with Gasteiger partial charge in [0.25, 0.3) is 0 Å². The zero-order valence-corrected chi connectivity index (χ0v) is 12.5. The molecule has 0 bridgehead atoms. The van der Waals surface area contributed by atoms with Gasteiger partial charge in [-0.05, 0) is 18.2 Å². The average molecular weight is 338 g/mol. The first-order valence-corrected chi connectivity index (χ1v) is 7.28. The third-order valence-corrected chi connectivity index (χ3v) is 4.19. The maximum Gasteiger partial charge on any atom is 0.418 e. The van der Waals surface area contributed by atoms with E-state index in [1.165, 1.54) is 6.92 Å². The summed E-state index contributed by atoms with van der Waals surface area (Å²) in [5.74, 6) is -0.443. The SMILES string of the molecule is CC(=O)SC1CC(=O)N(c2cc(Cl)ccc2C(F)(F)F)C1. The van der Waals surface area contributed by atoms with Crippen molar-refractivity contribution in [2.24, 2.45) is 0 Å². The largest absolute Gasteiger partial charge is 0.418 e. The van der Waals surface area contributed by atoms with Crippen molar-refractivity contribution < 1.29 is 22.8 Å². The van der Waals surface area contributed by atoms with Crippen LogP contribution >= 0.6 is 23.4 Å². The second-order valence-corrected chi connectivity index (χ2v) is 6.51. The Morgan fingerprint density at radius 3 is 2.67 bits per heavy atom. The highest BCUT2D eigenvalue weighted by atomic mass is 35.5. The average Bonchev–Trinajstić information content (AvgIpc) is 2.67. The number of rotatable bonds is 2. The molecule has 1 aliphatic rings. The van der Waals surface area contributed by atoms with Crippen LogP contribution in [0.4, 0.5) is 18.9 Å². The fourth-order valence-corrected chi connectivity index (χ4v) is 3.27. The van der Waals surface area contributed by atoms with Crippen molar-refractivity contribution in [1.29, 1.82) is 0 Å². The van der Waals surface area contributed by atoms with Crippen LogP contribution in [0.2, 0.25) is 5.02 Å². The number of halogens is 4. The quantitative estimate of drug-likeness (QED) is 0.825. The highest BCUT2D eigenvalue weighted by Gasteiger charge is 2.39. The Morgan fingerprint density at radius 2 is 2.10 bits per heavy atom. The summed E-state index contributed by atoms with van der Waals surface area (Å²) in [6, 6.07) is 3.12. The number of carbonyl (C=O) groups excluding carboxylic acids is 2. The molecule has 1 aromatic rings. The third-order valence-electron chi connectivity index (χ3n) is 2.98. The summed E-state index contributed by atoms with van der Waals surface area (Å²) in [4.78, 5) is 24.1. The molecule has 21 heavy (non-hydrogen) atoms. The molecule has 1 fully saturated rings. The topological polar surface area (TPSA) is 37.4 Å². The smallest absolute Gasteiger partial charge is 0.311 e. The Balaban J connectivity index is 2.36. The van der Waals surface area contributed by atoms with E-state index in [0.29, 0.717) is 0 Å². The minimum absolute atomic E-state index is 0.0358.